The summed E-state index contributed by atoms with van der Waals surface area (Å²) < 4.78 is 22.6. The van der Waals surface area contributed by atoms with Crippen LogP contribution >= 0.6 is 0 Å². The van der Waals surface area contributed by atoms with Gasteiger partial charge in [-0.2, -0.15) is 5.10 Å². The summed E-state index contributed by atoms with van der Waals surface area (Å²) in [5, 5.41) is 18.3. The zero-order valence-electron chi connectivity index (χ0n) is 31.3. The number of carbonyl (C=O) groups is 3. The van der Waals surface area contributed by atoms with Gasteiger partial charge in [-0.25, -0.2) is 14.1 Å². The molecule has 0 aliphatic carbocycles. The van der Waals surface area contributed by atoms with E-state index in [-0.39, 0.29) is 42.7 Å². The third-order valence-corrected chi connectivity index (χ3v) is 10.3. The topological polar surface area (TPSA) is 143 Å². The molecule has 2 aromatic heterocycles. The Bertz CT molecular complexity index is 2200. The third kappa shape index (κ3) is 8.68. The standard InChI is InChI=1S/C42H47FN8O4/c1-3-37-34(39(48-32-13-17-55-18-14-32)35-24-47-51(4-2)40(35)49-37)23-46-42(54)31-10-6-9-30(21-31)41(53)45-22-27-11-12-36(43)33(20-27)29-8-5-7-28(19-29)26-50-16-15-44-25-38(50)52/h5-12,19-21,24,32,44H,3-4,13-18,22-23,25-26H2,1-2H3,(H,45,53)(H,46,54)(H,48,49). The van der Waals surface area contributed by atoms with Crippen molar-refractivity contribution in [2.24, 2.45) is 0 Å². The fourth-order valence-electron chi connectivity index (χ4n) is 7.23. The normalized spacial score (nSPS) is 15.0. The van der Waals surface area contributed by atoms with Crippen LogP contribution in [0.2, 0.25) is 0 Å². The first kappa shape index (κ1) is 37.6. The Labute approximate surface area is 319 Å². The molecule has 0 unspecified atom stereocenters. The molecule has 286 valence electrons. The first-order chi connectivity index (χ1) is 26.8. The number of amides is 3. The molecule has 0 spiro atoms. The second-order valence-corrected chi connectivity index (χ2v) is 13.9. The Morgan fingerprint density at radius 2 is 1.71 bits per heavy atom. The molecule has 4 N–H and O–H groups in total. The molecule has 55 heavy (non-hydrogen) atoms. The number of piperazine rings is 1. The second-order valence-electron chi connectivity index (χ2n) is 13.9. The van der Waals surface area contributed by atoms with Crippen molar-refractivity contribution in [1.29, 1.82) is 0 Å². The number of fused-ring (bicyclic) bond motifs is 1. The van der Waals surface area contributed by atoms with Gasteiger partial charge >= 0.3 is 0 Å². The van der Waals surface area contributed by atoms with Crippen LogP contribution < -0.4 is 21.3 Å². The number of carbonyl (C=O) groups excluding carboxylic acids is 3. The average molecular weight is 747 g/mol. The minimum atomic E-state index is -0.381. The SMILES string of the molecule is CCc1nc2c(cnn2CC)c(NC2CCOCC2)c1CNC(=O)c1cccc(C(=O)NCc2ccc(F)c(-c3cccc(CN4CCNCC4=O)c3)c2)c1. The van der Waals surface area contributed by atoms with Gasteiger partial charge in [-0.05, 0) is 79.3 Å². The number of nitrogens with one attached hydrogen (secondary N) is 4. The monoisotopic (exact) mass is 746 g/mol. The summed E-state index contributed by atoms with van der Waals surface area (Å²) in [6, 6.07) is 19.1. The van der Waals surface area contributed by atoms with Crippen LogP contribution in [0.3, 0.4) is 0 Å². The lowest BCUT2D eigenvalue weighted by atomic mass is 10.00. The van der Waals surface area contributed by atoms with Crippen LogP contribution in [0, 0.1) is 5.82 Å². The molecule has 12 nitrogen and oxygen atoms in total. The van der Waals surface area contributed by atoms with E-state index in [2.05, 4.69) is 33.3 Å². The number of ether oxygens (including phenoxy) is 1. The van der Waals surface area contributed by atoms with E-state index in [0.29, 0.717) is 73.6 Å². The summed E-state index contributed by atoms with van der Waals surface area (Å²) in [5.41, 5.74) is 6.95. The number of rotatable bonds is 13. The Morgan fingerprint density at radius 1 is 0.945 bits per heavy atom. The molecule has 2 aliphatic rings. The zero-order valence-corrected chi connectivity index (χ0v) is 31.3. The Hall–Kier alpha value is -5.66. The van der Waals surface area contributed by atoms with Crippen molar-refractivity contribution >= 4 is 34.4 Å². The minimum Gasteiger partial charge on any atom is -0.381 e. The maximum Gasteiger partial charge on any atom is 0.251 e. The highest BCUT2D eigenvalue weighted by Gasteiger charge is 2.23. The van der Waals surface area contributed by atoms with Crippen LogP contribution in [0.15, 0.2) is 72.9 Å². The Kier molecular flexibility index (Phi) is 11.8. The summed E-state index contributed by atoms with van der Waals surface area (Å²) >= 11 is 0. The Balaban J connectivity index is 1.02. The van der Waals surface area contributed by atoms with E-state index in [4.69, 9.17) is 9.72 Å². The highest BCUT2D eigenvalue weighted by molar-refractivity contribution is 6.00. The van der Waals surface area contributed by atoms with E-state index in [1.807, 2.05) is 42.1 Å². The number of anilines is 1. The second kappa shape index (κ2) is 17.2. The number of hydrogen-bond acceptors (Lipinski definition) is 8. The molecule has 4 heterocycles. The van der Waals surface area contributed by atoms with Gasteiger partial charge in [0, 0.05) is 86.5 Å². The quantitative estimate of drug-likeness (QED) is 0.129. The number of benzene rings is 3. The van der Waals surface area contributed by atoms with Gasteiger partial charge in [0.05, 0.1) is 23.8 Å². The van der Waals surface area contributed by atoms with Crippen LogP contribution in [-0.2, 0) is 42.1 Å². The van der Waals surface area contributed by atoms with Crippen LogP contribution in [0.25, 0.3) is 22.2 Å². The molecule has 0 bridgehead atoms. The van der Waals surface area contributed by atoms with E-state index in [9.17, 15) is 14.4 Å². The fourth-order valence-corrected chi connectivity index (χ4v) is 7.23. The van der Waals surface area contributed by atoms with Gasteiger partial charge in [0.25, 0.3) is 11.8 Å². The van der Waals surface area contributed by atoms with Crippen molar-refractivity contribution in [3.63, 3.8) is 0 Å². The van der Waals surface area contributed by atoms with E-state index < -0.39 is 0 Å². The molecular formula is C42H47FN8O4. The molecule has 13 heteroatoms. The number of aryl methyl sites for hydroxylation is 2. The highest BCUT2D eigenvalue weighted by Crippen LogP contribution is 2.31. The van der Waals surface area contributed by atoms with Gasteiger partial charge in [0.1, 0.15) is 5.82 Å². The molecule has 7 rings (SSSR count). The number of aromatic nitrogens is 3. The maximum absolute atomic E-state index is 15.1. The summed E-state index contributed by atoms with van der Waals surface area (Å²) in [5.74, 6) is -1.02. The van der Waals surface area contributed by atoms with Crippen molar-refractivity contribution in [2.45, 2.75) is 65.3 Å². The van der Waals surface area contributed by atoms with Crippen LogP contribution in [0.5, 0.6) is 0 Å². The van der Waals surface area contributed by atoms with Crippen molar-refractivity contribution in [3.05, 3.63) is 112 Å². The highest BCUT2D eigenvalue weighted by atomic mass is 19.1. The van der Waals surface area contributed by atoms with Crippen molar-refractivity contribution < 1.29 is 23.5 Å². The van der Waals surface area contributed by atoms with E-state index in [0.717, 1.165) is 52.9 Å². The van der Waals surface area contributed by atoms with Gasteiger partial charge in [0.15, 0.2) is 5.65 Å². The molecule has 2 fully saturated rings. The van der Waals surface area contributed by atoms with Gasteiger partial charge in [-0.3, -0.25) is 14.4 Å². The molecule has 3 aromatic carbocycles. The summed E-state index contributed by atoms with van der Waals surface area (Å²) in [7, 11) is 0. The van der Waals surface area contributed by atoms with Crippen LogP contribution in [0.1, 0.15) is 69.8 Å². The van der Waals surface area contributed by atoms with Crippen molar-refractivity contribution in [2.75, 3.05) is 38.2 Å². The smallest absolute Gasteiger partial charge is 0.251 e. The zero-order chi connectivity index (χ0) is 38.3. The largest absolute Gasteiger partial charge is 0.381 e. The number of nitrogens with zero attached hydrogens (tertiary/aromatic N) is 4. The predicted molar refractivity (Wildman–Crippen MR) is 209 cm³/mol. The van der Waals surface area contributed by atoms with E-state index in [1.165, 1.54) is 6.07 Å². The number of halogens is 1. The van der Waals surface area contributed by atoms with Crippen molar-refractivity contribution in [1.82, 2.24) is 35.6 Å². The lowest BCUT2D eigenvalue weighted by Crippen LogP contribution is -2.47. The van der Waals surface area contributed by atoms with E-state index >= 15 is 4.39 Å². The lowest BCUT2D eigenvalue weighted by molar-refractivity contribution is -0.132. The summed E-state index contributed by atoms with van der Waals surface area (Å²) in [6.45, 7) is 8.70. The molecule has 0 radical (unpaired) electrons. The average Bonchev–Trinajstić information content (AvgIpc) is 3.64. The predicted octanol–water partition coefficient (Wildman–Crippen LogP) is 5.20. The first-order valence-electron chi connectivity index (χ1n) is 19.1. The number of pyridine rings is 1. The lowest BCUT2D eigenvalue weighted by Gasteiger charge is -2.27. The maximum atomic E-state index is 15.1. The molecule has 0 saturated carbocycles. The fraction of sp³-hybridized carbons (Fsp3) is 0.357. The third-order valence-electron chi connectivity index (χ3n) is 10.3. The van der Waals surface area contributed by atoms with Gasteiger partial charge in [0.2, 0.25) is 5.91 Å². The summed E-state index contributed by atoms with van der Waals surface area (Å²) in [4.78, 5) is 46.0. The molecule has 5 aromatic rings. The van der Waals surface area contributed by atoms with Crippen molar-refractivity contribution in [3.8, 4) is 11.1 Å². The molecular weight excluding hydrogens is 700 g/mol. The minimum absolute atomic E-state index is 0.0388. The molecule has 3 amide bonds. The van der Waals surface area contributed by atoms with Crippen LogP contribution in [0.4, 0.5) is 10.1 Å². The van der Waals surface area contributed by atoms with Gasteiger partial charge in [-0.15, -0.1) is 0 Å². The first-order valence-corrected chi connectivity index (χ1v) is 19.1. The van der Waals surface area contributed by atoms with Crippen LogP contribution in [-0.4, -0.2) is 76.3 Å². The van der Waals surface area contributed by atoms with Gasteiger partial charge in [-0.1, -0.05) is 37.3 Å². The van der Waals surface area contributed by atoms with Gasteiger partial charge < -0.3 is 30.9 Å². The molecule has 0 atom stereocenters. The van der Waals surface area contributed by atoms with E-state index in [1.54, 1.807) is 41.3 Å². The Morgan fingerprint density at radius 3 is 2.45 bits per heavy atom. The summed E-state index contributed by atoms with van der Waals surface area (Å²) in [6.07, 6.45) is 4.27. The number of hydrogen-bond donors (Lipinski definition) is 4. The molecule has 2 aliphatic heterocycles. The molecule has 2 saturated heterocycles.